The molecule has 7 heteroatoms. The molecular formula is C19H37N5O2. The van der Waals surface area contributed by atoms with Crippen LogP contribution in [-0.2, 0) is 9.53 Å². The monoisotopic (exact) mass is 367 g/mol. The third kappa shape index (κ3) is 5.84. The van der Waals surface area contributed by atoms with Gasteiger partial charge < -0.3 is 20.3 Å². The fourth-order valence-corrected chi connectivity index (χ4v) is 3.68. The van der Waals surface area contributed by atoms with Crippen LogP contribution in [0.5, 0.6) is 0 Å². The molecule has 1 amide bonds. The van der Waals surface area contributed by atoms with Gasteiger partial charge in [-0.3, -0.25) is 14.7 Å². The van der Waals surface area contributed by atoms with E-state index in [0.29, 0.717) is 12.1 Å². The fraction of sp³-hybridized carbons (Fsp3) is 0.895. The van der Waals surface area contributed by atoms with Crippen molar-refractivity contribution in [3.8, 4) is 0 Å². The van der Waals surface area contributed by atoms with Gasteiger partial charge in [0.2, 0.25) is 5.91 Å². The summed E-state index contributed by atoms with van der Waals surface area (Å²) in [6.45, 7) is 16.2. The maximum Gasteiger partial charge on any atom is 0.225 e. The van der Waals surface area contributed by atoms with E-state index >= 15 is 0 Å². The van der Waals surface area contributed by atoms with Crippen LogP contribution < -0.4 is 10.6 Å². The SMILES string of the molecule is CCNC(=NCC(C)N1CCOCC1C)NC1CCN(C(=O)C(C)C)C1. The largest absolute Gasteiger partial charge is 0.379 e. The molecule has 150 valence electrons. The number of rotatable bonds is 6. The summed E-state index contributed by atoms with van der Waals surface area (Å²) in [5.74, 6) is 1.15. The number of nitrogens with zero attached hydrogens (tertiary/aromatic N) is 3. The normalized spacial score (nSPS) is 26.2. The van der Waals surface area contributed by atoms with Crippen molar-refractivity contribution in [1.82, 2.24) is 20.4 Å². The molecule has 2 rings (SSSR count). The van der Waals surface area contributed by atoms with Gasteiger partial charge in [-0.05, 0) is 27.2 Å². The third-order valence-corrected chi connectivity index (χ3v) is 5.18. The molecule has 7 nitrogen and oxygen atoms in total. The van der Waals surface area contributed by atoms with Crippen molar-refractivity contribution >= 4 is 11.9 Å². The topological polar surface area (TPSA) is 69.2 Å². The van der Waals surface area contributed by atoms with E-state index in [2.05, 4.69) is 36.3 Å². The summed E-state index contributed by atoms with van der Waals surface area (Å²) in [5.41, 5.74) is 0. The van der Waals surface area contributed by atoms with Gasteiger partial charge in [0.1, 0.15) is 0 Å². The Kier molecular flexibility index (Phi) is 8.15. The summed E-state index contributed by atoms with van der Waals surface area (Å²) in [6.07, 6.45) is 0.971. The summed E-state index contributed by atoms with van der Waals surface area (Å²) in [4.78, 5) is 21.4. The Morgan fingerprint density at radius 3 is 2.73 bits per heavy atom. The van der Waals surface area contributed by atoms with Crippen LogP contribution in [0.15, 0.2) is 4.99 Å². The number of hydrogen-bond acceptors (Lipinski definition) is 4. The number of nitrogens with one attached hydrogen (secondary N) is 2. The molecule has 2 saturated heterocycles. The van der Waals surface area contributed by atoms with Crippen LogP contribution in [0.4, 0.5) is 0 Å². The van der Waals surface area contributed by atoms with Gasteiger partial charge in [-0.2, -0.15) is 0 Å². The molecular weight excluding hydrogens is 330 g/mol. The molecule has 2 aliphatic heterocycles. The Bertz CT molecular complexity index is 483. The molecule has 2 aliphatic rings. The number of carbonyl (C=O) groups is 1. The smallest absolute Gasteiger partial charge is 0.225 e. The van der Waals surface area contributed by atoms with Gasteiger partial charge >= 0.3 is 0 Å². The molecule has 0 radical (unpaired) electrons. The highest BCUT2D eigenvalue weighted by atomic mass is 16.5. The molecule has 2 fully saturated rings. The minimum absolute atomic E-state index is 0.0621. The molecule has 0 aromatic rings. The zero-order valence-corrected chi connectivity index (χ0v) is 17.1. The number of guanidine groups is 1. The van der Waals surface area contributed by atoms with E-state index < -0.39 is 0 Å². The zero-order chi connectivity index (χ0) is 19.1. The van der Waals surface area contributed by atoms with Crippen LogP contribution >= 0.6 is 0 Å². The molecule has 0 aromatic carbocycles. The minimum Gasteiger partial charge on any atom is -0.379 e. The predicted molar refractivity (Wildman–Crippen MR) is 105 cm³/mol. The molecule has 0 saturated carbocycles. The zero-order valence-electron chi connectivity index (χ0n) is 17.1. The Hall–Kier alpha value is -1.34. The van der Waals surface area contributed by atoms with E-state index in [9.17, 15) is 4.79 Å². The maximum absolute atomic E-state index is 12.2. The van der Waals surface area contributed by atoms with Crippen LogP contribution in [0.1, 0.15) is 41.0 Å². The standard InChI is InChI=1S/C19H37N5O2/c1-6-20-19(21-11-15(4)24-9-10-26-13-16(24)5)22-17-7-8-23(12-17)18(25)14(2)3/h14-17H,6-13H2,1-5H3,(H2,20,21,22). The van der Waals surface area contributed by atoms with Gasteiger partial charge in [-0.25, -0.2) is 0 Å². The van der Waals surface area contributed by atoms with Crippen molar-refractivity contribution < 1.29 is 9.53 Å². The molecule has 26 heavy (non-hydrogen) atoms. The molecule has 2 heterocycles. The lowest BCUT2D eigenvalue weighted by atomic mass is 10.2. The minimum atomic E-state index is 0.0621. The molecule has 3 atom stereocenters. The highest BCUT2D eigenvalue weighted by Crippen LogP contribution is 2.13. The number of aliphatic imine (C=N–C) groups is 1. The van der Waals surface area contributed by atoms with E-state index in [0.717, 1.165) is 58.3 Å². The summed E-state index contributed by atoms with van der Waals surface area (Å²) in [6, 6.07) is 1.09. The van der Waals surface area contributed by atoms with Crippen LogP contribution in [0.2, 0.25) is 0 Å². The molecule has 0 spiro atoms. The second-order valence-corrected chi connectivity index (χ2v) is 7.80. The van der Waals surface area contributed by atoms with Gasteiger partial charge in [0.25, 0.3) is 0 Å². The average molecular weight is 368 g/mol. The number of amides is 1. The Morgan fingerprint density at radius 1 is 1.31 bits per heavy atom. The lowest BCUT2D eigenvalue weighted by Crippen LogP contribution is -2.50. The van der Waals surface area contributed by atoms with Crippen molar-refractivity contribution in [2.24, 2.45) is 10.9 Å². The lowest BCUT2D eigenvalue weighted by molar-refractivity contribution is -0.133. The van der Waals surface area contributed by atoms with Crippen LogP contribution in [0.25, 0.3) is 0 Å². The van der Waals surface area contributed by atoms with Crippen LogP contribution in [0, 0.1) is 5.92 Å². The Labute approximate surface area is 158 Å². The first-order valence-corrected chi connectivity index (χ1v) is 10.1. The highest BCUT2D eigenvalue weighted by molar-refractivity contribution is 5.81. The van der Waals surface area contributed by atoms with Gasteiger partial charge in [0, 0.05) is 50.2 Å². The van der Waals surface area contributed by atoms with E-state index in [1.54, 1.807) is 0 Å². The van der Waals surface area contributed by atoms with Gasteiger partial charge in [0.15, 0.2) is 5.96 Å². The third-order valence-electron chi connectivity index (χ3n) is 5.18. The number of ether oxygens (including phenoxy) is 1. The molecule has 0 aromatic heterocycles. The molecule has 3 unspecified atom stereocenters. The summed E-state index contributed by atoms with van der Waals surface area (Å²) < 4.78 is 5.53. The van der Waals surface area contributed by atoms with E-state index in [1.165, 1.54) is 0 Å². The van der Waals surface area contributed by atoms with Crippen molar-refractivity contribution in [1.29, 1.82) is 0 Å². The summed E-state index contributed by atoms with van der Waals surface area (Å²) >= 11 is 0. The first kappa shape index (κ1) is 21.0. The summed E-state index contributed by atoms with van der Waals surface area (Å²) in [5, 5.41) is 6.85. The van der Waals surface area contributed by atoms with Crippen molar-refractivity contribution in [3.63, 3.8) is 0 Å². The second-order valence-electron chi connectivity index (χ2n) is 7.80. The van der Waals surface area contributed by atoms with Crippen molar-refractivity contribution in [3.05, 3.63) is 0 Å². The van der Waals surface area contributed by atoms with E-state index in [1.807, 2.05) is 18.7 Å². The number of morpholine rings is 1. The average Bonchev–Trinajstić information content (AvgIpc) is 3.07. The van der Waals surface area contributed by atoms with E-state index in [4.69, 9.17) is 9.73 Å². The first-order valence-electron chi connectivity index (χ1n) is 10.1. The predicted octanol–water partition coefficient (Wildman–Crippen LogP) is 0.908. The number of carbonyl (C=O) groups excluding carboxylic acids is 1. The first-order chi connectivity index (χ1) is 12.4. The molecule has 2 N–H and O–H groups in total. The van der Waals surface area contributed by atoms with Crippen molar-refractivity contribution in [2.75, 3.05) is 45.9 Å². The van der Waals surface area contributed by atoms with Gasteiger partial charge in [-0.15, -0.1) is 0 Å². The van der Waals surface area contributed by atoms with Crippen LogP contribution in [-0.4, -0.2) is 85.7 Å². The van der Waals surface area contributed by atoms with Gasteiger partial charge in [0.05, 0.1) is 19.8 Å². The maximum atomic E-state index is 12.2. The number of hydrogen-bond donors (Lipinski definition) is 2. The van der Waals surface area contributed by atoms with E-state index in [-0.39, 0.29) is 17.9 Å². The lowest BCUT2D eigenvalue weighted by Gasteiger charge is -2.37. The number of likely N-dealkylation sites (tertiary alicyclic amines) is 1. The summed E-state index contributed by atoms with van der Waals surface area (Å²) in [7, 11) is 0. The fourth-order valence-electron chi connectivity index (χ4n) is 3.68. The molecule has 0 aliphatic carbocycles. The Balaban J connectivity index is 1.87. The van der Waals surface area contributed by atoms with Crippen molar-refractivity contribution in [2.45, 2.75) is 59.2 Å². The molecule has 0 bridgehead atoms. The van der Waals surface area contributed by atoms with Crippen LogP contribution in [0.3, 0.4) is 0 Å². The van der Waals surface area contributed by atoms with Gasteiger partial charge in [-0.1, -0.05) is 13.8 Å². The highest BCUT2D eigenvalue weighted by Gasteiger charge is 2.28. The quantitative estimate of drug-likeness (QED) is 0.539. The second kappa shape index (κ2) is 10.1. The Morgan fingerprint density at radius 2 is 2.08 bits per heavy atom.